The van der Waals surface area contributed by atoms with Crippen LogP contribution in [0.2, 0.25) is 0 Å². The lowest BCUT2D eigenvalue weighted by atomic mass is 10.1. The van der Waals surface area contributed by atoms with Crippen molar-refractivity contribution in [2.45, 2.75) is 19.3 Å². The molecular weight excluding hydrogens is 282 g/mol. The number of nitrogen functional groups attached to an aromatic ring is 1. The van der Waals surface area contributed by atoms with Gasteiger partial charge in [0.25, 0.3) is 0 Å². The predicted molar refractivity (Wildman–Crippen MR) is 84.3 cm³/mol. The van der Waals surface area contributed by atoms with E-state index in [9.17, 15) is 5.26 Å². The molecule has 21 heavy (non-hydrogen) atoms. The van der Waals surface area contributed by atoms with E-state index in [1.165, 1.54) is 0 Å². The topological polar surface area (TPSA) is 64.0 Å². The fourth-order valence-corrected chi connectivity index (χ4v) is 3.31. The van der Waals surface area contributed by atoms with Gasteiger partial charge >= 0.3 is 0 Å². The zero-order valence-electron chi connectivity index (χ0n) is 11.7. The fourth-order valence-electron chi connectivity index (χ4n) is 2.88. The quantitative estimate of drug-likeness (QED) is 0.865. The van der Waals surface area contributed by atoms with Gasteiger partial charge in [0.15, 0.2) is 0 Å². The van der Waals surface area contributed by atoms with E-state index >= 15 is 0 Å². The molecule has 0 saturated heterocycles. The Hall–Kier alpha value is -2.32. The molecule has 1 aliphatic rings. The highest BCUT2D eigenvalue weighted by atomic mass is 32.1. The molecule has 1 aliphatic carbocycles. The summed E-state index contributed by atoms with van der Waals surface area (Å²) < 4.78 is 7.67. The van der Waals surface area contributed by atoms with Crippen LogP contribution < -0.4 is 10.5 Å². The van der Waals surface area contributed by atoms with Crippen LogP contribution in [0.4, 0.5) is 5.82 Å². The first-order valence-electron chi connectivity index (χ1n) is 6.78. The number of anilines is 1. The second-order valence-electron chi connectivity index (χ2n) is 5.02. The summed E-state index contributed by atoms with van der Waals surface area (Å²) in [7, 11) is 1.62. The zero-order valence-corrected chi connectivity index (χ0v) is 12.5. The normalized spacial score (nSPS) is 12.8. The van der Waals surface area contributed by atoms with Gasteiger partial charge in [-0.3, -0.25) is 4.57 Å². The summed E-state index contributed by atoms with van der Waals surface area (Å²) in [5, 5.41) is 9.43. The van der Waals surface area contributed by atoms with E-state index in [0.717, 1.165) is 41.8 Å². The van der Waals surface area contributed by atoms with Gasteiger partial charge in [0.05, 0.1) is 12.7 Å². The van der Waals surface area contributed by atoms with Crippen LogP contribution in [0.25, 0.3) is 5.69 Å². The van der Waals surface area contributed by atoms with Crippen molar-refractivity contribution in [1.82, 2.24) is 4.57 Å². The maximum Gasteiger partial charge on any atom is 0.127 e. The summed E-state index contributed by atoms with van der Waals surface area (Å²) in [6.45, 7) is 0. The Kier molecular flexibility index (Phi) is 3.40. The van der Waals surface area contributed by atoms with Crippen molar-refractivity contribution in [2.75, 3.05) is 12.8 Å². The van der Waals surface area contributed by atoms with E-state index < -0.39 is 0 Å². The molecule has 5 heteroatoms. The summed E-state index contributed by atoms with van der Waals surface area (Å²) in [4.78, 5) is 0. The van der Waals surface area contributed by atoms with Crippen molar-refractivity contribution >= 4 is 18.0 Å². The van der Waals surface area contributed by atoms with Crippen molar-refractivity contribution in [3.05, 3.63) is 45.6 Å². The lowest BCUT2D eigenvalue weighted by molar-refractivity contribution is 0.414. The maximum absolute atomic E-state index is 9.43. The third-order valence-corrected chi connectivity index (χ3v) is 4.35. The van der Waals surface area contributed by atoms with Gasteiger partial charge < -0.3 is 10.5 Å². The second kappa shape index (κ2) is 5.23. The molecule has 106 valence electrons. The molecule has 3 rings (SSSR count). The third-order valence-electron chi connectivity index (χ3n) is 3.92. The molecule has 0 spiro atoms. The molecule has 0 bridgehead atoms. The van der Waals surface area contributed by atoms with Gasteiger partial charge in [0.1, 0.15) is 22.3 Å². The summed E-state index contributed by atoms with van der Waals surface area (Å²) >= 11 is 5.60. The summed E-state index contributed by atoms with van der Waals surface area (Å²) in [5.74, 6) is 1.19. The smallest absolute Gasteiger partial charge is 0.127 e. The zero-order chi connectivity index (χ0) is 15.0. The average Bonchev–Trinajstić information content (AvgIpc) is 2.98. The standard InChI is InChI=1S/C16H15N3OS/c1-20-11-7-5-10(6-8-11)19-15(18)14(9-17)12-3-2-4-13(12)16(19)21/h5-8H,2-4,18H2,1H3. The Balaban J connectivity index is 2.28. The number of aromatic nitrogens is 1. The number of nitrogens with zero attached hydrogens (tertiary/aromatic N) is 2. The molecule has 1 aromatic heterocycles. The second-order valence-corrected chi connectivity index (χ2v) is 5.41. The van der Waals surface area contributed by atoms with Crippen molar-refractivity contribution in [2.24, 2.45) is 0 Å². The number of benzene rings is 1. The molecule has 1 heterocycles. The van der Waals surface area contributed by atoms with Crippen molar-refractivity contribution in [3.8, 4) is 17.5 Å². The number of methoxy groups -OCH3 is 1. The van der Waals surface area contributed by atoms with Crippen LogP contribution in [-0.2, 0) is 12.8 Å². The minimum absolute atomic E-state index is 0.424. The molecule has 1 aromatic carbocycles. The first kappa shape index (κ1) is 13.7. The van der Waals surface area contributed by atoms with Crippen LogP contribution in [0, 0.1) is 16.0 Å². The van der Waals surface area contributed by atoms with E-state index in [0.29, 0.717) is 16.0 Å². The van der Waals surface area contributed by atoms with E-state index in [4.69, 9.17) is 22.7 Å². The Labute approximate surface area is 128 Å². The van der Waals surface area contributed by atoms with E-state index in [1.54, 1.807) is 11.7 Å². The molecule has 0 fully saturated rings. The average molecular weight is 297 g/mol. The van der Waals surface area contributed by atoms with Gasteiger partial charge in [-0.05, 0) is 54.7 Å². The van der Waals surface area contributed by atoms with Gasteiger partial charge in [-0.25, -0.2) is 0 Å². The SMILES string of the molecule is COc1ccc(-n2c(N)c(C#N)c3c(c2=S)CCC3)cc1. The number of fused-ring (bicyclic) bond motifs is 1. The highest BCUT2D eigenvalue weighted by molar-refractivity contribution is 7.71. The van der Waals surface area contributed by atoms with Gasteiger partial charge in [0, 0.05) is 5.69 Å². The Morgan fingerprint density at radius 1 is 1.24 bits per heavy atom. The van der Waals surface area contributed by atoms with Crippen LogP contribution in [0.5, 0.6) is 5.75 Å². The highest BCUT2D eigenvalue weighted by Crippen LogP contribution is 2.32. The number of nitriles is 1. The summed E-state index contributed by atoms with van der Waals surface area (Å²) in [6.07, 6.45) is 2.83. The predicted octanol–water partition coefficient (Wildman–Crippen LogP) is 3.16. The molecule has 2 aromatic rings. The van der Waals surface area contributed by atoms with Crippen LogP contribution >= 0.6 is 12.2 Å². The Morgan fingerprint density at radius 3 is 2.52 bits per heavy atom. The number of rotatable bonds is 2. The van der Waals surface area contributed by atoms with Crippen LogP contribution in [0.1, 0.15) is 23.1 Å². The molecule has 0 atom stereocenters. The van der Waals surface area contributed by atoms with E-state index in [-0.39, 0.29) is 0 Å². The monoisotopic (exact) mass is 297 g/mol. The first-order valence-corrected chi connectivity index (χ1v) is 7.19. The van der Waals surface area contributed by atoms with Crippen molar-refractivity contribution in [3.63, 3.8) is 0 Å². The molecule has 2 N–H and O–H groups in total. The number of hydrogen-bond acceptors (Lipinski definition) is 4. The molecule has 0 aliphatic heterocycles. The van der Waals surface area contributed by atoms with E-state index in [1.807, 2.05) is 24.3 Å². The van der Waals surface area contributed by atoms with Gasteiger partial charge in [-0.2, -0.15) is 5.26 Å². The molecule has 0 saturated carbocycles. The summed E-state index contributed by atoms with van der Waals surface area (Å²) in [5.41, 5.74) is 9.75. The number of hydrogen-bond donors (Lipinski definition) is 1. The highest BCUT2D eigenvalue weighted by Gasteiger charge is 2.22. The summed E-state index contributed by atoms with van der Waals surface area (Å²) in [6, 6.07) is 9.75. The lowest BCUT2D eigenvalue weighted by Crippen LogP contribution is -2.11. The molecule has 0 radical (unpaired) electrons. The molecular formula is C16H15N3OS. The van der Waals surface area contributed by atoms with E-state index in [2.05, 4.69) is 6.07 Å². The Morgan fingerprint density at radius 2 is 1.90 bits per heavy atom. The van der Waals surface area contributed by atoms with Crippen molar-refractivity contribution in [1.29, 1.82) is 5.26 Å². The van der Waals surface area contributed by atoms with Crippen LogP contribution in [-0.4, -0.2) is 11.7 Å². The van der Waals surface area contributed by atoms with Crippen LogP contribution in [0.3, 0.4) is 0 Å². The maximum atomic E-state index is 9.43. The largest absolute Gasteiger partial charge is 0.497 e. The first-order chi connectivity index (χ1) is 10.2. The van der Waals surface area contributed by atoms with Gasteiger partial charge in [-0.1, -0.05) is 12.2 Å². The third kappa shape index (κ3) is 2.08. The van der Waals surface area contributed by atoms with Gasteiger partial charge in [-0.15, -0.1) is 0 Å². The minimum Gasteiger partial charge on any atom is -0.497 e. The number of nitrogens with two attached hydrogens (primary N) is 1. The molecule has 0 amide bonds. The van der Waals surface area contributed by atoms with Crippen LogP contribution in [0.15, 0.2) is 24.3 Å². The van der Waals surface area contributed by atoms with Gasteiger partial charge in [0.2, 0.25) is 0 Å². The lowest BCUT2D eigenvalue weighted by Gasteiger charge is -2.16. The minimum atomic E-state index is 0.424. The number of pyridine rings is 1. The Bertz CT molecular complexity index is 800. The fraction of sp³-hybridized carbons (Fsp3) is 0.250. The molecule has 0 unspecified atom stereocenters. The number of ether oxygens (including phenoxy) is 1. The molecule has 4 nitrogen and oxygen atoms in total. The van der Waals surface area contributed by atoms with Crippen molar-refractivity contribution < 1.29 is 4.74 Å².